The number of rotatable bonds is 5. The maximum atomic E-state index is 6.07. The zero-order valence-electron chi connectivity index (χ0n) is 8.31. The van der Waals surface area contributed by atoms with Crippen molar-refractivity contribution in [3.05, 3.63) is 17.7 Å². The van der Waals surface area contributed by atoms with Crippen molar-refractivity contribution in [3.63, 3.8) is 0 Å². The number of unbranched alkanes of at least 4 members (excludes halogenated alkanes) is 1. The van der Waals surface area contributed by atoms with Crippen molar-refractivity contribution in [2.24, 2.45) is 0 Å². The molecule has 0 radical (unpaired) electrons. The van der Waals surface area contributed by atoms with Gasteiger partial charge in [0, 0.05) is 12.6 Å². The molecule has 0 saturated carbocycles. The van der Waals surface area contributed by atoms with E-state index in [9.17, 15) is 0 Å². The Kier molecular flexibility index (Phi) is 4.29. The van der Waals surface area contributed by atoms with Gasteiger partial charge in [-0.25, -0.2) is 4.98 Å². The van der Waals surface area contributed by atoms with Gasteiger partial charge < -0.3 is 4.98 Å². The second-order valence-electron chi connectivity index (χ2n) is 3.26. The predicted octanol–water partition coefficient (Wildman–Crippen LogP) is 3.44. The number of aryl methyl sites for hydroxylation is 1. The van der Waals surface area contributed by atoms with E-state index in [4.69, 9.17) is 11.6 Å². The van der Waals surface area contributed by atoms with Crippen molar-refractivity contribution in [1.29, 1.82) is 0 Å². The van der Waals surface area contributed by atoms with E-state index in [-0.39, 0.29) is 5.38 Å². The molecule has 0 aliphatic rings. The highest BCUT2D eigenvalue weighted by atomic mass is 35.5. The summed E-state index contributed by atoms with van der Waals surface area (Å²) in [6, 6.07) is 0. The average Bonchev–Trinajstić information content (AvgIpc) is 2.62. The van der Waals surface area contributed by atoms with Gasteiger partial charge in [-0.1, -0.05) is 20.3 Å². The minimum absolute atomic E-state index is 0.0860. The van der Waals surface area contributed by atoms with Crippen LogP contribution in [0.15, 0.2) is 6.20 Å². The fourth-order valence-corrected chi connectivity index (χ4v) is 1.34. The third-order valence-corrected chi connectivity index (χ3v) is 2.65. The van der Waals surface area contributed by atoms with Crippen LogP contribution in [0.3, 0.4) is 0 Å². The van der Waals surface area contributed by atoms with Crippen LogP contribution in [0.5, 0.6) is 0 Å². The van der Waals surface area contributed by atoms with Crippen molar-refractivity contribution in [3.8, 4) is 0 Å². The fraction of sp³-hybridized carbons (Fsp3) is 0.700. The van der Waals surface area contributed by atoms with E-state index in [0.717, 1.165) is 24.4 Å². The fourth-order valence-electron chi connectivity index (χ4n) is 1.23. The summed E-state index contributed by atoms with van der Waals surface area (Å²) < 4.78 is 0. The highest BCUT2D eigenvalue weighted by molar-refractivity contribution is 6.20. The summed E-state index contributed by atoms with van der Waals surface area (Å²) in [7, 11) is 0. The van der Waals surface area contributed by atoms with E-state index in [2.05, 4.69) is 23.8 Å². The van der Waals surface area contributed by atoms with Gasteiger partial charge in [-0.3, -0.25) is 0 Å². The van der Waals surface area contributed by atoms with Gasteiger partial charge in [0.25, 0.3) is 0 Å². The van der Waals surface area contributed by atoms with E-state index >= 15 is 0 Å². The molecule has 1 unspecified atom stereocenters. The molecule has 1 aromatic heterocycles. The first kappa shape index (κ1) is 10.6. The van der Waals surface area contributed by atoms with Crippen LogP contribution in [-0.4, -0.2) is 9.97 Å². The molecule has 0 bridgehead atoms. The topological polar surface area (TPSA) is 28.7 Å². The molecule has 0 fully saturated rings. The molecule has 1 heterocycles. The molecule has 1 rings (SSSR count). The molecule has 2 nitrogen and oxygen atoms in total. The highest BCUT2D eigenvalue weighted by Gasteiger charge is 2.07. The smallest absolute Gasteiger partial charge is 0.106 e. The van der Waals surface area contributed by atoms with E-state index in [1.54, 1.807) is 0 Å². The number of aromatic amines is 1. The Morgan fingerprint density at radius 3 is 2.92 bits per heavy atom. The van der Waals surface area contributed by atoms with Crippen LogP contribution < -0.4 is 0 Å². The van der Waals surface area contributed by atoms with Crippen LogP contribution in [0.2, 0.25) is 0 Å². The first-order valence-electron chi connectivity index (χ1n) is 4.95. The molecule has 3 heteroatoms. The number of imidazole rings is 1. The van der Waals surface area contributed by atoms with Gasteiger partial charge in [0.1, 0.15) is 5.82 Å². The molecule has 0 amide bonds. The molecular weight excluding hydrogens is 184 g/mol. The molecule has 13 heavy (non-hydrogen) atoms. The maximum Gasteiger partial charge on any atom is 0.106 e. The first-order valence-corrected chi connectivity index (χ1v) is 5.39. The van der Waals surface area contributed by atoms with Crippen LogP contribution in [0.4, 0.5) is 0 Å². The van der Waals surface area contributed by atoms with Gasteiger partial charge in [0.2, 0.25) is 0 Å². The minimum atomic E-state index is 0.0860. The number of H-pyrrole nitrogens is 1. The molecule has 0 saturated heterocycles. The number of halogens is 1. The molecule has 1 N–H and O–H groups in total. The Morgan fingerprint density at radius 1 is 1.54 bits per heavy atom. The third kappa shape index (κ3) is 3.03. The van der Waals surface area contributed by atoms with Crippen LogP contribution in [0.25, 0.3) is 0 Å². The molecule has 0 aliphatic heterocycles. The predicted molar refractivity (Wildman–Crippen MR) is 56.1 cm³/mol. The Labute approximate surface area is 84.7 Å². The summed E-state index contributed by atoms with van der Waals surface area (Å²) >= 11 is 6.07. The lowest BCUT2D eigenvalue weighted by molar-refractivity contribution is 0.756. The number of nitrogens with zero attached hydrogens (tertiary/aromatic N) is 1. The van der Waals surface area contributed by atoms with E-state index in [1.165, 1.54) is 12.8 Å². The highest BCUT2D eigenvalue weighted by Crippen LogP contribution is 2.21. The average molecular weight is 201 g/mol. The Balaban J connectivity index is 2.53. The molecule has 1 atom stereocenters. The number of hydrogen-bond acceptors (Lipinski definition) is 1. The zero-order chi connectivity index (χ0) is 9.68. The van der Waals surface area contributed by atoms with Crippen LogP contribution in [0, 0.1) is 0 Å². The quantitative estimate of drug-likeness (QED) is 0.725. The summed E-state index contributed by atoms with van der Waals surface area (Å²) in [6.07, 6.45) is 6.22. The summed E-state index contributed by atoms with van der Waals surface area (Å²) in [5.41, 5.74) is 1.05. The second kappa shape index (κ2) is 5.28. The monoisotopic (exact) mass is 200 g/mol. The van der Waals surface area contributed by atoms with E-state index in [1.807, 2.05) is 6.20 Å². The molecule has 0 aliphatic carbocycles. The van der Waals surface area contributed by atoms with Crippen molar-refractivity contribution >= 4 is 11.6 Å². The lowest BCUT2D eigenvalue weighted by atomic mass is 10.2. The summed E-state index contributed by atoms with van der Waals surface area (Å²) in [5, 5.41) is 0.0860. The zero-order valence-corrected chi connectivity index (χ0v) is 9.06. The SMILES string of the molecule is CCCCc1ncc(C(Cl)CC)[nH]1. The van der Waals surface area contributed by atoms with Gasteiger partial charge >= 0.3 is 0 Å². The van der Waals surface area contributed by atoms with Gasteiger partial charge in [-0.2, -0.15) is 0 Å². The molecular formula is C10H17ClN2. The Bertz CT molecular complexity index is 245. The summed E-state index contributed by atoms with van der Waals surface area (Å²) in [5.74, 6) is 1.07. The molecule has 74 valence electrons. The van der Waals surface area contributed by atoms with Gasteiger partial charge in [0.15, 0.2) is 0 Å². The third-order valence-electron chi connectivity index (χ3n) is 2.11. The van der Waals surface area contributed by atoms with E-state index < -0.39 is 0 Å². The number of aromatic nitrogens is 2. The van der Waals surface area contributed by atoms with Crippen LogP contribution in [-0.2, 0) is 6.42 Å². The first-order chi connectivity index (χ1) is 6.27. The lowest BCUT2D eigenvalue weighted by Gasteiger charge is -2.01. The Hall–Kier alpha value is -0.500. The van der Waals surface area contributed by atoms with Crippen LogP contribution in [0.1, 0.15) is 50.0 Å². The summed E-state index contributed by atoms with van der Waals surface area (Å²) in [4.78, 5) is 7.54. The van der Waals surface area contributed by atoms with Crippen LogP contribution >= 0.6 is 11.6 Å². The van der Waals surface area contributed by atoms with Crippen molar-refractivity contribution in [2.45, 2.75) is 44.9 Å². The van der Waals surface area contributed by atoms with Crippen molar-refractivity contribution < 1.29 is 0 Å². The summed E-state index contributed by atoms with van der Waals surface area (Å²) in [6.45, 7) is 4.25. The molecule has 0 spiro atoms. The van der Waals surface area contributed by atoms with Crippen molar-refractivity contribution in [1.82, 2.24) is 9.97 Å². The lowest BCUT2D eigenvalue weighted by Crippen LogP contribution is -1.90. The standard InChI is InChI=1S/C10H17ClN2/c1-3-5-6-10-12-7-9(13-10)8(11)4-2/h7-8H,3-6H2,1-2H3,(H,12,13). The molecule has 0 aromatic carbocycles. The second-order valence-corrected chi connectivity index (χ2v) is 3.79. The van der Waals surface area contributed by atoms with Crippen molar-refractivity contribution in [2.75, 3.05) is 0 Å². The molecule has 1 aromatic rings. The van der Waals surface area contributed by atoms with Gasteiger partial charge in [0.05, 0.1) is 11.1 Å². The van der Waals surface area contributed by atoms with E-state index in [0.29, 0.717) is 0 Å². The minimum Gasteiger partial charge on any atom is -0.345 e. The normalized spacial score (nSPS) is 13.2. The number of alkyl halides is 1. The largest absolute Gasteiger partial charge is 0.345 e. The number of nitrogens with one attached hydrogen (secondary N) is 1. The Morgan fingerprint density at radius 2 is 2.31 bits per heavy atom. The maximum absolute atomic E-state index is 6.07. The number of hydrogen-bond donors (Lipinski definition) is 1. The van der Waals surface area contributed by atoms with Gasteiger partial charge in [-0.15, -0.1) is 11.6 Å². The van der Waals surface area contributed by atoms with Gasteiger partial charge in [-0.05, 0) is 12.8 Å².